The zero-order valence-electron chi connectivity index (χ0n) is 19.2. The highest BCUT2D eigenvalue weighted by atomic mass is 16.5. The van der Waals surface area contributed by atoms with E-state index in [0.717, 1.165) is 16.8 Å². The number of carbonyl (C=O) groups is 1. The largest absolute Gasteiger partial charge is 0.493 e. The van der Waals surface area contributed by atoms with E-state index in [4.69, 9.17) is 9.47 Å². The average Bonchev–Trinajstić information content (AvgIpc) is 3.27. The molecule has 0 saturated carbocycles. The van der Waals surface area contributed by atoms with E-state index in [9.17, 15) is 4.79 Å². The fourth-order valence-electron chi connectivity index (χ4n) is 5.00. The van der Waals surface area contributed by atoms with Crippen molar-refractivity contribution >= 4 is 17.7 Å². The average molecular weight is 441 g/mol. The Morgan fingerprint density at radius 3 is 2.55 bits per heavy atom. The van der Waals surface area contributed by atoms with Crippen molar-refractivity contribution in [1.82, 2.24) is 5.32 Å². The Balaban J connectivity index is 1.43. The molecule has 0 spiro atoms. The number of rotatable bonds is 6. The third kappa shape index (κ3) is 3.44. The molecule has 0 aliphatic carbocycles. The molecule has 5 nitrogen and oxygen atoms in total. The lowest BCUT2D eigenvalue weighted by molar-refractivity contribution is -0.118. The van der Waals surface area contributed by atoms with Gasteiger partial charge in [0, 0.05) is 11.1 Å². The summed E-state index contributed by atoms with van der Waals surface area (Å²) in [6.45, 7) is 5.19. The van der Waals surface area contributed by atoms with E-state index in [1.807, 2.05) is 54.6 Å². The molecule has 3 aromatic carbocycles. The van der Waals surface area contributed by atoms with E-state index in [2.05, 4.69) is 54.4 Å². The monoisotopic (exact) mass is 440 g/mol. The smallest absolute Gasteiger partial charge is 0.241 e. The summed E-state index contributed by atoms with van der Waals surface area (Å²) in [5.74, 6) is 1.40. The molecule has 5 heteroatoms. The molecule has 2 heterocycles. The van der Waals surface area contributed by atoms with Crippen LogP contribution in [0.15, 0.2) is 78.9 Å². The summed E-state index contributed by atoms with van der Waals surface area (Å²) in [4.78, 5) is 14.7. The number of methoxy groups -OCH3 is 1. The van der Waals surface area contributed by atoms with Crippen molar-refractivity contribution in [2.24, 2.45) is 0 Å². The van der Waals surface area contributed by atoms with Crippen LogP contribution in [-0.4, -0.2) is 25.2 Å². The molecule has 0 aromatic heterocycles. The molecule has 168 valence electrons. The highest BCUT2D eigenvalue weighted by Gasteiger charge is 2.59. The minimum atomic E-state index is -0.622. The standard InChI is InChI=1S/C28H28N2O3/c1-27(2)22-11-7-8-12-23(22)30-18-26(31)29-28(27,30)16-15-20-13-14-24(25(17-20)32-3)33-19-21-9-5-4-6-10-21/h4-17H,18-19H2,1-3H3,(H,29,31)/b16-15+. The van der Waals surface area contributed by atoms with Crippen LogP contribution in [0.5, 0.6) is 11.5 Å². The summed E-state index contributed by atoms with van der Waals surface area (Å²) in [6, 6.07) is 24.3. The van der Waals surface area contributed by atoms with Crippen LogP contribution in [-0.2, 0) is 16.8 Å². The Kier molecular flexibility index (Phi) is 5.12. The van der Waals surface area contributed by atoms with Gasteiger partial charge in [-0.1, -0.05) is 74.5 Å². The second kappa shape index (κ2) is 8.00. The lowest BCUT2D eigenvalue weighted by Gasteiger charge is -2.40. The number of anilines is 1. The first-order chi connectivity index (χ1) is 15.9. The van der Waals surface area contributed by atoms with Gasteiger partial charge in [-0.3, -0.25) is 4.79 Å². The van der Waals surface area contributed by atoms with Crippen molar-refractivity contribution in [3.8, 4) is 11.5 Å². The van der Waals surface area contributed by atoms with Crippen LogP contribution in [0.3, 0.4) is 0 Å². The summed E-state index contributed by atoms with van der Waals surface area (Å²) in [7, 11) is 1.65. The number of amides is 1. The van der Waals surface area contributed by atoms with Gasteiger partial charge in [0.25, 0.3) is 0 Å². The first-order valence-electron chi connectivity index (χ1n) is 11.2. The van der Waals surface area contributed by atoms with Gasteiger partial charge in [0.15, 0.2) is 11.5 Å². The number of hydrogen-bond acceptors (Lipinski definition) is 4. The topological polar surface area (TPSA) is 50.8 Å². The maximum absolute atomic E-state index is 12.5. The highest BCUT2D eigenvalue weighted by molar-refractivity contribution is 5.91. The van der Waals surface area contributed by atoms with E-state index in [-0.39, 0.29) is 11.3 Å². The van der Waals surface area contributed by atoms with Crippen molar-refractivity contribution < 1.29 is 14.3 Å². The van der Waals surface area contributed by atoms with Crippen LogP contribution >= 0.6 is 0 Å². The summed E-state index contributed by atoms with van der Waals surface area (Å²) in [6.07, 6.45) is 4.16. The van der Waals surface area contributed by atoms with Crippen molar-refractivity contribution in [3.05, 3.63) is 95.6 Å². The highest BCUT2D eigenvalue weighted by Crippen LogP contribution is 2.52. The minimum absolute atomic E-state index is 0.0319. The van der Waals surface area contributed by atoms with Crippen molar-refractivity contribution in [2.75, 3.05) is 18.6 Å². The molecule has 1 amide bonds. The number of nitrogens with zero attached hydrogens (tertiary/aromatic N) is 1. The third-order valence-electron chi connectivity index (χ3n) is 6.82. The van der Waals surface area contributed by atoms with Crippen molar-refractivity contribution in [2.45, 2.75) is 31.5 Å². The van der Waals surface area contributed by atoms with Gasteiger partial charge >= 0.3 is 0 Å². The molecule has 33 heavy (non-hydrogen) atoms. The Morgan fingerprint density at radius 2 is 1.76 bits per heavy atom. The van der Waals surface area contributed by atoms with Gasteiger partial charge in [0.1, 0.15) is 12.3 Å². The van der Waals surface area contributed by atoms with Crippen LogP contribution in [0.25, 0.3) is 6.08 Å². The lowest BCUT2D eigenvalue weighted by atomic mass is 9.75. The van der Waals surface area contributed by atoms with E-state index in [0.29, 0.717) is 24.7 Å². The maximum Gasteiger partial charge on any atom is 0.241 e. The predicted molar refractivity (Wildman–Crippen MR) is 130 cm³/mol. The normalized spacial score (nSPS) is 20.5. The van der Waals surface area contributed by atoms with Gasteiger partial charge in [-0.25, -0.2) is 0 Å². The van der Waals surface area contributed by atoms with E-state index in [1.54, 1.807) is 7.11 Å². The zero-order chi connectivity index (χ0) is 23.1. The first-order valence-corrected chi connectivity index (χ1v) is 11.2. The number of para-hydroxylation sites is 1. The van der Waals surface area contributed by atoms with E-state index < -0.39 is 5.66 Å². The van der Waals surface area contributed by atoms with Crippen LogP contribution in [0.4, 0.5) is 5.69 Å². The second-order valence-corrected chi connectivity index (χ2v) is 9.06. The van der Waals surface area contributed by atoms with Crippen molar-refractivity contribution in [1.29, 1.82) is 0 Å². The maximum atomic E-state index is 12.5. The SMILES string of the molecule is COc1cc(/C=C/C23NC(=O)CN2c2ccccc2C3(C)C)ccc1OCc1ccccc1. The first kappa shape index (κ1) is 21.1. The lowest BCUT2D eigenvalue weighted by Crippen LogP contribution is -2.58. The van der Waals surface area contributed by atoms with Crippen LogP contribution in [0, 0.1) is 0 Å². The molecule has 2 aliphatic heterocycles. The third-order valence-corrected chi connectivity index (χ3v) is 6.82. The van der Waals surface area contributed by atoms with Gasteiger partial charge in [0.05, 0.1) is 13.7 Å². The molecule has 1 fully saturated rings. The number of carbonyl (C=O) groups excluding carboxylic acids is 1. The summed E-state index contributed by atoms with van der Waals surface area (Å²) < 4.78 is 11.6. The quantitative estimate of drug-likeness (QED) is 0.592. The molecule has 2 aliphatic rings. The van der Waals surface area contributed by atoms with E-state index in [1.165, 1.54) is 5.56 Å². The van der Waals surface area contributed by atoms with Gasteiger partial charge in [-0.15, -0.1) is 0 Å². The summed E-state index contributed by atoms with van der Waals surface area (Å²) in [5, 5.41) is 3.26. The van der Waals surface area contributed by atoms with Gasteiger partial charge in [-0.2, -0.15) is 0 Å². The molecule has 1 N–H and O–H groups in total. The molecule has 1 saturated heterocycles. The second-order valence-electron chi connectivity index (χ2n) is 9.06. The predicted octanol–water partition coefficient (Wildman–Crippen LogP) is 4.91. The molecular formula is C28H28N2O3. The van der Waals surface area contributed by atoms with Crippen LogP contribution in [0.2, 0.25) is 0 Å². The fourth-order valence-corrected chi connectivity index (χ4v) is 5.00. The Morgan fingerprint density at radius 1 is 1.00 bits per heavy atom. The molecule has 5 rings (SSSR count). The fraction of sp³-hybridized carbons (Fsp3) is 0.250. The van der Waals surface area contributed by atoms with Crippen molar-refractivity contribution in [3.63, 3.8) is 0 Å². The summed E-state index contributed by atoms with van der Waals surface area (Å²) >= 11 is 0. The number of benzene rings is 3. The Hall–Kier alpha value is -3.73. The minimum Gasteiger partial charge on any atom is -0.493 e. The van der Waals surface area contributed by atoms with E-state index >= 15 is 0 Å². The number of fused-ring (bicyclic) bond motifs is 3. The Bertz CT molecular complexity index is 1220. The molecule has 0 bridgehead atoms. The molecule has 1 atom stereocenters. The number of nitrogens with one attached hydrogen (secondary N) is 1. The number of ether oxygens (including phenoxy) is 2. The van der Waals surface area contributed by atoms with Gasteiger partial charge in [0.2, 0.25) is 5.91 Å². The van der Waals surface area contributed by atoms with Crippen LogP contribution < -0.4 is 19.7 Å². The zero-order valence-corrected chi connectivity index (χ0v) is 19.2. The molecule has 0 radical (unpaired) electrons. The molecular weight excluding hydrogens is 412 g/mol. The van der Waals surface area contributed by atoms with Crippen LogP contribution in [0.1, 0.15) is 30.5 Å². The summed E-state index contributed by atoms with van der Waals surface area (Å²) in [5.41, 5.74) is 3.49. The molecule has 1 unspecified atom stereocenters. The molecule has 3 aromatic rings. The van der Waals surface area contributed by atoms with Gasteiger partial charge in [-0.05, 0) is 41.0 Å². The number of hydrogen-bond donors (Lipinski definition) is 1. The van der Waals surface area contributed by atoms with Gasteiger partial charge < -0.3 is 19.7 Å². The Labute approximate surface area is 194 Å².